The van der Waals surface area contributed by atoms with Crippen LogP contribution in [0.25, 0.3) is 0 Å². The number of carbonyl (C=O) groups is 3. The fraction of sp³-hybridized carbons (Fsp3) is 0.769. The number of rotatable bonds is 6. The Morgan fingerprint density at radius 1 is 1.43 bits per heavy atom. The van der Waals surface area contributed by atoms with E-state index in [0.29, 0.717) is 13.0 Å². The van der Waals surface area contributed by atoms with E-state index in [4.69, 9.17) is 15.6 Å². The minimum atomic E-state index is -0.947. The van der Waals surface area contributed by atoms with Crippen LogP contribution in [-0.4, -0.2) is 60.3 Å². The van der Waals surface area contributed by atoms with Gasteiger partial charge in [0, 0.05) is 13.1 Å². The summed E-state index contributed by atoms with van der Waals surface area (Å²) < 4.78 is 5.12. The molecule has 3 amide bonds. The Bertz CT molecular complexity index is 399. The quantitative estimate of drug-likeness (QED) is 0.618. The maximum absolute atomic E-state index is 12.1. The van der Waals surface area contributed by atoms with Gasteiger partial charge in [-0.3, -0.25) is 9.59 Å². The molecule has 0 bridgehead atoms. The lowest BCUT2D eigenvalue weighted by atomic mass is 9.97. The highest BCUT2D eigenvalue weighted by Gasteiger charge is 2.32. The molecule has 120 valence electrons. The van der Waals surface area contributed by atoms with E-state index < -0.39 is 29.9 Å². The van der Waals surface area contributed by atoms with Crippen LogP contribution >= 0.6 is 0 Å². The van der Waals surface area contributed by atoms with Crippen molar-refractivity contribution in [1.29, 1.82) is 0 Å². The van der Waals surface area contributed by atoms with Gasteiger partial charge in [0.1, 0.15) is 6.04 Å². The minimum absolute atomic E-state index is 0.0230. The molecule has 1 saturated heterocycles. The van der Waals surface area contributed by atoms with Crippen molar-refractivity contribution in [3.63, 3.8) is 0 Å². The van der Waals surface area contributed by atoms with E-state index in [1.54, 1.807) is 0 Å². The van der Waals surface area contributed by atoms with E-state index in [9.17, 15) is 14.4 Å². The van der Waals surface area contributed by atoms with Crippen molar-refractivity contribution in [3.05, 3.63) is 0 Å². The Labute approximate surface area is 123 Å². The number of nitrogens with zero attached hydrogens (tertiary/aromatic N) is 1. The van der Waals surface area contributed by atoms with Gasteiger partial charge in [0.15, 0.2) is 0 Å². The lowest BCUT2D eigenvalue weighted by Gasteiger charge is -2.33. The molecule has 0 aromatic carbocycles. The monoisotopic (exact) mass is 301 g/mol. The highest BCUT2D eigenvalue weighted by atomic mass is 16.5. The summed E-state index contributed by atoms with van der Waals surface area (Å²) in [6.45, 7) is 4.50. The predicted octanol–water partition coefficient (Wildman–Crippen LogP) is -0.371. The highest BCUT2D eigenvalue weighted by molar-refractivity contribution is 5.86. The lowest BCUT2D eigenvalue weighted by molar-refractivity contribution is -0.142. The second-order valence-electron chi connectivity index (χ2n) is 5.54. The average Bonchev–Trinajstić information content (AvgIpc) is 2.42. The molecule has 8 nitrogen and oxygen atoms in total. The summed E-state index contributed by atoms with van der Waals surface area (Å²) in [5, 5.41) is 11.7. The van der Waals surface area contributed by atoms with Crippen LogP contribution in [0.5, 0.6) is 0 Å². The standard InChI is InChI=1S/C13H23N3O5/c1-8(2)5-9(12(18)19)6-15-13(20)16-3-4-21-7-10(16)11(14)17/h8-10H,3-7H2,1-2H3,(H2,14,17)(H,15,20)(H,18,19). The number of carbonyl (C=O) groups excluding carboxylic acids is 2. The molecule has 1 heterocycles. The van der Waals surface area contributed by atoms with Crippen molar-refractivity contribution in [2.45, 2.75) is 26.3 Å². The summed E-state index contributed by atoms with van der Waals surface area (Å²) in [6, 6.07) is -1.30. The Kier molecular flexibility index (Phi) is 6.41. The Morgan fingerprint density at radius 2 is 2.10 bits per heavy atom. The molecule has 2 unspecified atom stereocenters. The van der Waals surface area contributed by atoms with Crippen LogP contribution in [0.3, 0.4) is 0 Å². The van der Waals surface area contributed by atoms with Crippen molar-refractivity contribution >= 4 is 17.9 Å². The number of morpholine rings is 1. The van der Waals surface area contributed by atoms with Gasteiger partial charge < -0.3 is 25.8 Å². The normalized spacial score (nSPS) is 20.1. The molecule has 1 fully saturated rings. The van der Waals surface area contributed by atoms with Crippen LogP contribution < -0.4 is 11.1 Å². The second kappa shape index (κ2) is 7.82. The summed E-state index contributed by atoms with van der Waals surface area (Å²) >= 11 is 0. The van der Waals surface area contributed by atoms with Gasteiger partial charge in [-0.15, -0.1) is 0 Å². The van der Waals surface area contributed by atoms with Gasteiger partial charge in [-0.05, 0) is 12.3 Å². The van der Waals surface area contributed by atoms with E-state index >= 15 is 0 Å². The SMILES string of the molecule is CC(C)CC(CNC(=O)N1CCOCC1C(N)=O)C(=O)O. The third kappa shape index (κ3) is 5.22. The number of primary amides is 1. The van der Waals surface area contributed by atoms with Crippen LogP contribution in [-0.2, 0) is 14.3 Å². The van der Waals surface area contributed by atoms with Crippen LogP contribution in [0.15, 0.2) is 0 Å². The molecule has 1 aliphatic rings. The summed E-state index contributed by atoms with van der Waals surface area (Å²) in [5.41, 5.74) is 5.23. The van der Waals surface area contributed by atoms with Gasteiger partial charge in [0.2, 0.25) is 5.91 Å². The van der Waals surface area contributed by atoms with Gasteiger partial charge >= 0.3 is 12.0 Å². The number of urea groups is 1. The van der Waals surface area contributed by atoms with Crippen LogP contribution in [0, 0.1) is 11.8 Å². The molecular formula is C13H23N3O5. The average molecular weight is 301 g/mol. The first-order valence-electron chi connectivity index (χ1n) is 6.97. The Morgan fingerprint density at radius 3 is 2.62 bits per heavy atom. The van der Waals surface area contributed by atoms with Crippen molar-refractivity contribution in [2.24, 2.45) is 17.6 Å². The van der Waals surface area contributed by atoms with Crippen molar-refractivity contribution in [1.82, 2.24) is 10.2 Å². The van der Waals surface area contributed by atoms with Gasteiger partial charge in [-0.2, -0.15) is 0 Å². The third-order valence-electron chi connectivity index (χ3n) is 3.32. The molecule has 2 atom stereocenters. The zero-order valence-electron chi connectivity index (χ0n) is 12.4. The first-order valence-corrected chi connectivity index (χ1v) is 6.97. The smallest absolute Gasteiger partial charge is 0.318 e. The molecule has 4 N–H and O–H groups in total. The molecule has 0 radical (unpaired) electrons. The predicted molar refractivity (Wildman–Crippen MR) is 74.5 cm³/mol. The van der Waals surface area contributed by atoms with E-state index in [1.807, 2.05) is 13.8 Å². The van der Waals surface area contributed by atoms with Crippen LogP contribution in [0.2, 0.25) is 0 Å². The number of nitrogens with one attached hydrogen (secondary N) is 1. The van der Waals surface area contributed by atoms with Crippen LogP contribution in [0.4, 0.5) is 4.79 Å². The lowest BCUT2D eigenvalue weighted by Crippen LogP contribution is -2.57. The fourth-order valence-electron chi connectivity index (χ4n) is 2.24. The van der Waals surface area contributed by atoms with Crippen molar-refractivity contribution in [3.8, 4) is 0 Å². The first kappa shape index (κ1) is 17.2. The minimum Gasteiger partial charge on any atom is -0.481 e. The second-order valence-corrected chi connectivity index (χ2v) is 5.54. The zero-order valence-corrected chi connectivity index (χ0v) is 12.4. The molecule has 21 heavy (non-hydrogen) atoms. The summed E-state index contributed by atoms with van der Waals surface area (Å²) in [4.78, 5) is 35.8. The van der Waals surface area contributed by atoms with Crippen LogP contribution in [0.1, 0.15) is 20.3 Å². The number of hydrogen-bond donors (Lipinski definition) is 3. The third-order valence-corrected chi connectivity index (χ3v) is 3.32. The van der Waals surface area contributed by atoms with Gasteiger partial charge in [-0.1, -0.05) is 13.8 Å². The number of hydrogen-bond acceptors (Lipinski definition) is 4. The largest absolute Gasteiger partial charge is 0.481 e. The van der Waals surface area contributed by atoms with E-state index in [2.05, 4.69) is 5.32 Å². The van der Waals surface area contributed by atoms with E-state index in [-0.39, 0.29) is 25.6 Å². The number of carboxylic acids is 1. The first-order chi connectivity index (χ1) is 9.82. The number of carboxylic acid groups (broad SMARTS) is 1. The van der Waals surface area contributed by atoms with Crippen molar-refractivity contribution in [2.75, 3.05) is 26.3 Å². The van der Waals surface area contributed by atoms with Gasteiger partial charge in [0.05, 0.1) is 19.1 Å². The number of nitrogens with two attached hydrogens (primary N) is 1. The molecule has 8 heteroatoms. The van der Waals surface area contributed by atoms with E-state index in [0.717, 1.165) is 0 Å². The maximum Gasteiger partial charge on any atom is 0.318 e. The molecular weight excluding hydrogens is 278 g/mol. The number of amides is 3. The molecule has 0 aromatic heterocycles. The van der Waals surface area contributed by atoms with E-state index in [1.165, 1.54) is 4.90 Å². The zero-order chi connectivity index (χ0) is 16.0. The van der Waals surface area contributed by atoms with Crippen molar-refractivity contribution < 1.29 is 24.2 Å². The highest BCUT2D eigenvalue weighted by Crippen LogP contribution is 2.12. The molecule has 0 spiro atoms. The molecule has 0 aliphatic carbocycles. The fourth-order valence-corrected chi connectivity index (χ4v) is 2.24. The maximum atomic E-state index is 12.1. The Hall–Kier alpha value is -1.83. The molecule has 1 aliphatic heterocycles. The molecule has 0 aromatic rings. The number of aliphatic carboxylic acids is 1. The number of ether oxygens (including phenoxy) is 1. The molecule has 1 rings (SSSR count). The summed E-state index contributed by atoms with van der Waals surface area (Å²) in [6.07, 6.45) is 0.470. The topological polar surface area (TPSA) is 122 Å². The summed E-state index contributed by atoms with van der Waals surface area (Å²) in [5.74, 6) is -2.02. The summed E-state index contributed by atoms with van der Waals surface area (Å²) in [7, 11) is 0. The Balaban J connectivity index is 2.58. The van der Waals surface area contributed by atoms with Gasteiger partial charge in [-0.25, -0.2) is 4.79 Å². The molecule has 0 saturated carbocycles. The van der Waals surface area contributed by atoms with Gasteiger partial charge in [0.25, 0.3) is 0 Å².